The van der Waals surface area contributed by atoms with E-state index in [1.54, 1.807) is 6.20 Å². The number of halogens is 1. The highest BCUT2D eigenvalue weighted by atomic mass is 35.5. The Morgan fingerprint density at radius 3 is 2.88 bits per heavy atom. The Morgan fingerprint density at radius 1 is 1.23 bits per heavy atom. The first kappa shape index (κ1) is 16.0. The molecule has 134 valence electrons. The number of fused-ring (bicyclic) bond motifs is 1. The van der Waals surface area contributed by atoms with E-state index >= 15 is 0 Å². The first-order valence-corrected chi connectivity index (χ1v) is 9.57. The highest BCUT2D eigenvalue weighted by molar-refractivity contribution is 6.29. The lowest BCUT2D eigenvalue weighted by molar-refractivity contribution is 0.481. The van der Waals surface area contributed by atoms with E-state index in [-0.39, 0.29) is 0 Å². The van der Waals surface area contributed by atoms with Crippen LogP contribution in [0.2, 0.25) is 5.15 Å². The van der Waals surface area contributed by atoms with Crippen molar-refractivity contribution in [3.63, 3.8) is 0 Å². The molecule has 1 unspecified atom stereocenters. The van der Waals surface area contributed by atoms with Crippen LogP contribution in [-0.2, 0) is 0 Å². The molecule has 1 N–H and O–H groups in total. The van der Waals surface area contributed by atoms with Gasteiger partial charge in [0.25, 0.3) is 0 Å². The van der Waals surface area contributed by atoms with Crippen LogP contribution in [0.5, 0.6) is 0 Å². The zero-order valence-electron chi connectivity index (χ0n) is 14.7. The van der Waals surface area contributed by atoms with Crippen LogP contribution >= 0.6 is 11.6 Å². The monoisotopic (exact) mass is 368 g/mol. The quantitative estimate of drug-likeness (QED) is 0.720. The maximum Gasteiger partial charge on any atom is 0.154 e. The molecule has 1 atom stereocenters. The minimum atomic E-state index is 0.463. The van der Waals surface area contributed by atoms with Crippen molar-refractivity contribution in [2.24, 2.45) is 0 Å². The van der Waals surface area contributed by atoms with Crippen molar-refractivity contribution in [3.05, 3.63) is 41.3 Å². The topological polar surface area (TPSA) is 58.4 Å². The second-order valence-electron chi connectivity index (χ2n) is 7.25. The average molecular weight is 369 g/mol. The summed E-state index contributed by atoms with van der Waals surface area (Å²) in [4.78, 5) is 11.3. The van der Waals surface area contributed by atoms with Gasteiger partial charge in [-0.3, -0.25) is 0 Å². The fraction of sp³-hybridized carbons (Fsp3) is 0.421. The van der Waals surface area contributed by atoms with Crippen molar-refractivity contribution in [1.82, 2.24) is 24.9 Å². The van der Waals surface area contributed by atoms with Gasteiger partial charge in [0, 0.05) is 43.4 Å². The van der Waals surface area contributed by atoms with Gasteiger partial charge in [0.05, 0.1) is 11.4 Å². The van der Waals surface area contributed by atoms with Gasteiger partial charge in [0.15, 0.2) is 5.65 Å². The molecule has 2 aliphatic rings. The summed E-state index contributed by atoms with van der Waals surface area (Å²) in [7, 11) is 0. The number of pyridine rings is 1. The number of rotatable bonds is 3. The lowest BCUT2D eigenvalue weighted by Crippen LogP contribution is -2.49. The molecule has 1 aliphatic carbocycles. The zero-order chi connectivity index (χ0) is 17.7. The Balaban J connectivity index is 1.65. The third-order valence-corrected chi connectivity index (χ3v) is 5.35. The van der Waals surface area contributed by atoms with E-state index < -0.39 is 0 Å². The molecule has 0 radical (unpaired) electrons. The molecule has 3 aromatic heterocycles. The van der Waals surface area contributed by atoms with Crippen LogP contribution in [0.3, 0.4) is 0 Å². The summed E-state index contributed by atoms with van der Waals surface area (Å²) in [6.45, 7) is 5.10. The fourth-order valence-corrected chi connectivity index (χ4v) is 3.89. The maximum absolute atomic E-state index is 6.15. The molecule has 26 heavy (non-hydrogen) atoms. The number of hydrogen-bond donors (Lipinski definition) is 1. The van der Waals surface area contributed by atoms with Crippen molar-refractivity contribution < 1.29 is 0 Å². The molecular formula is C19H21ClN6. The van der Waals surface area contributed by atoms with E-state index in [1.807, 2.05) is 16.6 Å². The summed E-state index contributed by atoms with van der Waals surface area (Å²) in [5.74, 6) is 1.52. The highest BCUT2D eigenvalue weighted by Gasteiger charge is 2.31. The molecule has 1 saturated heterocycles. The average Bonchev–Trinajstić information content (AvgIpc) is 3.41. The molecular weight excluding hydrogens is 348 g/mol. The summed E-state index contributed by atoms with van der Waals surface area (Å²) in [6, 6.07) is 8.51. The minimum Gasteiger partial charge on any atom is -0.352 e. The molecule has 5 rings (SSSR count). The number of imidazole rings is 1. The van der Waals surface area contributed by atoms with Crippen LogP contribution in [-0.4, -0.2) is 45.3 Å². The lowest BCUT2D eigenvalue weighted by atomic mass is 10.1. The van der Waals surface area contributed by atoms with E-state index in [2.05, 4.69) is 34.3 Å². The highest BCUT2D eigenvalue weighted by Crippen LogP contribution is 2.44. The first-order valence-electron chi connectivity index (χ1n) is 9.19. The van der Waals surface area contributed by atoms with Gasteiger partial charge >= 0.3 is 0 Å². The molecule has 0 amide bonds. The smallest absolute Gasteiger partial charge is 0.154 e. The predicted octanol–water partition coefficient (Wildman–Crippen LogP) is 3.12. The van der Waals surface area contributed by atoms with Crippen LogP contribution in [0.4, 0.5) is 5.82 Å². The Morgan fingerprint density at radius 2 is 2.12 bits per heavy atom. The number of nitrogens with one attached hydrogen (secondary N) is 1. The number of hydrogen-bond acceptors (Lipinski definition) is 5. The molecule has 7 heteroatoms. The molecule has 3 aromatic rings. The van der Waals surface area contributed by atoms with Crippen molar-refractivity contribution >= 4 is 23.1 Å². The number of piperazine rings is 1. The van der Waals surface area contributed by atoms with Crippen molar-refractivity contribution in [2.45, 2.75) is 31.7 Å². The zero-order valence-corrected chi connectivity index (χ0v) is 15.4. The van der Waals surface area contributed by atoms with Crippen LogP contribution in [0.25, 0.3) is 16.9 Å². The fourth-order valence-electron chi connectivity index (χ4n) is 3.71. The second kappa shape index (κ2) is 6.21. The number of anilines is 1. The third-order valence-electron chi connectivity index (χ3n) is 5.15. The van der Waals surface area contributed by atoms with E-state index in [0.717, 1.165) is 48.1 Å². The minimum absolute atomic E-state index is 0.463. The molecule has 4 heterocycles. The van der Waals surface area contributed by atoms with Crippen LogP contribution in [0.15, 0.2) is 30.5 Å². The number of nitrogens with zero attached hydrogens (tertiary/aromatic N) is 5. The second-order valence-corrected chi connectivity index (χ2v) is 7.64. The third kappa shape index (κ3) is 2.83. The van der Waals surface area contributed by atoms with Gasteiger partial charge in [-0.15, -0.1) is 5.10 Å². The summed E-state index contributed by atoms with van der Waals surface area (Å²) >= 11 is 6.15. The van der Waals surface area contributed by atoms with Crippen LogP contribution in [0.1, 0.15) is 31.4 Å². The summed E-state index contributed by atoms with van der Waals surface area (Å²) in [5.41, 5.74) is 4.10. The predicted molar refractivity (Wildman–Crippen MR) is 103 cm³/mol. The van der Waals surface area contributed by atoms with Gasteiger partial charge in [-0.1, -0.05) is 11.6 Å². The van der Waals surface area contributed by atoms with E-state index in [0.29, 0.717) is 17.1 Å². The normalized spacial score (nSPS) is 20.7. The van der Waals surface area contributed by atoms with Crippen molar-refractivity contribution in [3.8, 4) is 11.3 Å². The molecule has 0 bridgehead atoms. The number of aromatic nitrogens is 4. The standard InChI is InChI=1S/C19H21ClN6/c1-12-11-25(9-8-21-12)17-5-4-16-23-18(13-2-3-13)19(26(16)24-17)14-6-7-22-15(20)10-14/h4-7,10,12-13,21H,2-3,8-9,11H2,1H3. The molecule has 6 nitrogen and oxygen atoms in total. The molecule has 2 fully saturated rings. The van der Waals surface area contributed by atoms with E-state index in [1.165, 1.54) is 12.8 Å². The van der Waals surface area contributed by atoms with Gasteiger partial charge in [-0.05, 0) is 44.0 Å². The van der Waals surface area contributed by atoms with E-state index in [9.17, 15) is 0 Å². The maximum atomic E-state index is 6.15. The van der Waals surface area contributed by atoms with Crippen LogP contribution in [0, 0.1) is 0 Å². The lowest BCUT2D eigenvalue weighted by Gasteiger charge is -2.32. The van der Waals surface area contributed by atoms with Gasteiger partial charge in [-0.2, -0.15) is 0 Å². The molecule has 0 spiro atoms. The Kier molecular flexibility index (Phi) is 3.83. The van der Waals surface area contributed by atoms with Crippen LogP contribution < -0.4 is 10.2 Å². The van der Waals surface area contributed by atoms with Gasteiger partial charge < -0.3 is 10.2 Å². The molecule has 0 aromatic carbocycles. The molecule has 1 saturated carbocycles. The van der Waals surface area contributed by atoms with Crippen molar-refractivity contribution in [2.75, 3.05) is 24.5 Å². The Bertz CT molecular complexity index is 964. The van der Waals surface area contributed by atoms with Gasteiger partial charge in [0.2, 0.25) is 0 Å². The summed E-state index contributed by atoms with van der Waals surface area (Å²) in [6.07, 6.45) is 4.13. The first-order chi connectivity index (χ1) is 12.7. The Labute approximate surface area is 157 Å². The molecule has 1 aliphatic heterocycles. The SMILES string of the molecule is CC1CN(c2ccc3nc(C4CC4)c(-c4ccnc(Cl)c4)n3n2)CCN1. The Hall–Kier alpha value is -2.18. The largest absolute Gasteiger partial charge is 0.352 e. The van der Waals surface area contributed by atoms with Gasteiger partial charge in [-0.25, -0.2) is 14.5 Å². The van der Waals surface area contributed by atoms with E-state index in [4.69, 9.17) is 21.7 Å². The van der Waals surface area contributed by atoms with Gasteiger partial charge in [0.1, 0.15) is 11.0 Å². The van der Waals surface area contributed by atoms with Crippen molar-refractivity contribution in [1.29, 1.82) is 0 Å². The summed E-state index contributed by atoms with van der Waals surface area (Å²) < 4.78 is 1.99. The summed E-state index contributed by atoms with van der Waals surface area (Å²) in [5, 5.41) is 8.93.